The van der Waals surface area contributed by atoms with Gasteiger partial charge in [0.05, 0.1) is 0 Å². The molecule has 0 aromatic rings. The number of alkyl halides is 51. The molecule has 0 rings (SSSR count). The molecule has 53 heteroatoms. The Labute approximate surface area is 437 Å². The van der Waals surface area contributed by atoms with E-state index in [9.17, 15) is 224 Å². The Balaban J connectivity index is 8.51. The molecular formula is C31H15F51IP. The van der Waals surface area contributed by atoms with Crippen LogP contribution in [0.5, 0.6) is 0 Å². The molecule has 0 radical (unpaired) electrons. The van der Waals surface area contributed by atoms with Crippen LogP contribution >= 0.6 is 26.3 Å². The Bertz CT molecular complexity index is 2070. The van der Waals surface area contributed by atoms with Crippen LogP contribution in [0.15, 0.2) is 0 Å². The van der Waals surface area contributed by atoms with Crippen molar-refractivity contribution in [1.29, 1.82) is 0 Å². The second-order valence-corrected chi connectivity index (χ2v) is 32.2. The van der Waals surface area contributed by atoms with Crippen LogP contribution in [0, 0.1) is 0 Å². The molecule has 0 heterocycles. The molecule has 508 valence electrons. The predicted molar refractivity (Wildman–Crippen MR) is 177 cm³/mol. The van der Waals surface area contributed by atoms with Crippen LogP contribution in [0.4, 0.5) is 224 Å². The second-order valence-electron chi connectivity index (χ2n) is 17.5. The van der Waals surface area contributed by atoms with Gasteiger partial charge in [0.25, 0.3) is 0 Å². The fourth-order valence-electron chi connectivity index (χ4n) is 5.75. The standard InChI is InChI=1S/C31H15F51IP/c1-84(83,5-2-8(32,33)11(38,39)14(44,45)17(50,51)20(56,57)23(62,63)26(68,69)29(74,75)76,6-3-9(34,35)12(40,41)15(46,47)18(52,53)21(58,59)24(64,65)27(70,71)30(77,78)79)7-4-10(36,37)13(42,43)16(48,49)19(54,55)22(60,61)25(66,67)28(72,73)31(80,81)82/h2-7H2,1H3. The van der Waals surface area contributed by atoms with Gasteiger partial charge in [-0.3, -0.25) is 0 Å². The van der Waals surface area contributed by atoms with E-state index in [1.165, 1.54) is 0 Å². The van der Waals surface area contributed by atoms with Gasteiger partial charge in [-0.2, -0.15) is 0 Å². The van der Waals surface area contributed by atoms with Crippen molar-refractivity contribution in [3.05, 3.63) is 0 Å². The van der Waals surface area contributed by atoms with E-state index in [4.69, 9.17) is 0 Å². The molecule has 0 N–H and O–H groups in total. The molecule has 0 spiro atoms. The van der Waals surface area contributed by atoms with Crippen molar-refractivity contribution < 1.29 is 224 Å². The summed E-state index contributed by atoms with van der Waals surface area (Å²) in [5.74, 6) is -193. The van der Waals surface area contributed by atoms with Crippen molar-refractivity contribution in [3.63, 3.8) is 0 Å². The van der Waals surface area contributed by atoms with Gasteiger partial charge in [0, 0.05) is 0 Å². The van der Waals surface area contributed by atoms with E-state index >= 15 is 0 Å². The molecule has 0 atom stereocenters. The predicted octanol–water partition coefficient (Wildman–Crippen LogP) is 19.7. The van der Waals surface area contributed by atoms with Crippen LogP contribution in [0.2, 0.25) is 0 Å². The molecule has 0 aliphatic carbocycles. The van der Waals surface area contributed by atoms with Gasteiger partial charge in [0.15, 0.2) is 0 Å². The Morgan fingerprint density at radius 2 is 0.274 bits per heavy atom. The van der Waals surface area contributed by atoms with Gasteiger partial charge in [-0.1, -0.05) is 0 Å². The van der Waals surface area contributed by atoms with E-state index in [0.29, 0.717) is 0 Å². The first kappa shape index (κ1) is 81.6. The molecule has 0 saturated heterocycles. The van der Waals surface area contributed by atoms with E-state index < -0.39 is 214 Å². The summed E-state index contributed by atoms with van der Waals surface area (Å²) in [6.07, 6.45) is -50.1. The zero-order valence-corrected chi connectivity index (χ0v) is 40.4. The van der Waals surface area contributed by atoms with Crippen LogP contribution in [-0.2, 0) is 0 Å². The van der Waals surface area contributed by atoms with Crippen LogP contribution in [0.3, 0.4) is 0 Å². The SMILES string of the molecule is CP(I)(CCC(F)(F)C(F)(F)C(F)(F)C(F)(F)C(F)(F)C(F)(F)C(F)(F)C(F)(F)F)(CCC(F)(F)C(F)(F)C(F)(F)C(F)(F)C(F)(F)C(F)(F)C(F)(F)C(F)(F)F)CCC(F)(F)C(F)(F)C(F)(F)C(F)(F)C(F)(F)C(F)(F)C(F)(F)C(F)(F)F. The summed E-state index contributed by atoms with van der Waals surface area (Å²) >= 11 is -0.695. The van der Waals surface area contributed by atoms with E-state index in [-0.39, 0.29) is 0 Å². The monoisotopic (exact) mass is 1510 g/mol. The van der Waals surface area contributed by atoms with Crippen molar-refractivity contribution >= 4 is 26.3 Å². The number of halogens is 52. The van der Waals surface area contributed by atoms with Gasteiger partial charge in [-0.25, -0.2) is 0 Å². The van der Waals surface area contributed by atoms with Crippen molar-refractivity contribution in [3.8, 4) is 0 Å². The summed E-state index contributed by atoms with van der Waals surface area (Å²) in [6, 6.07) is 0. The summed E-state index contributed by atoms with van der Waals surface area (Å²) in [6.45, 7) is -1.06. The Hall–Kier alpha value is -2.41. The topological polar surface area (TPSA) is 0 Å². The third kappa shape index (κ3) is 11.1. The van der Waals surface area contributed by atoms with Crippen molar-refractivity contribution in [2.24, 2.45) is 0 Å². The molecule has 0 nitrogen and oxygen atoms in total. The summed E-state index contributed by atoms with van der Waals surface area (Å²) < 4.78 is 697. The van der Waals surface area contributed by atoms with Gasteiger partial charge in [-0.05, 0) is 0 Å². The molecule has 0 aromatic carbocycles. The fraction of sp³-hybridized carbons (Fsp3) is 1.00. The average Bonchev–Trinajstić information content (AvgIpc) is 3.25. The van der Waals surface area contributed by atoms with Crippen LogP contribution in [0.1, 0.15) is 19.3 Å². The molecule has 0 aliphatic heterocycles. The zero-order valence-electron chi connectivity index (χ0n) is 37.3. The molecular weight excluding hydrogens is 1500 g/mol. The first-order chi connectivity index (χ1) is 35.2. The quantitative estimate of drug-likeness (QED) is 0.0437. The second kappa shape index (κ2) is 20.6. The summed E-state index contributed by atoms with van der Waals surface area (Å²) in [5, 5.41) is 0. The van der Waals surface area contributed by atoms with Gasteiger partial charge >= 0.3 is 438 Å². The zero-order chi connectivity index (χ0) is 69.7. The van der Waals surface area contributed by atoms with Crippen molar-refractivity contribution in [1.82, 2.24) is 0 Å². The molecule has 0 unspecified atom stereocenters. The van der Waals surface area contributed by atoms with Crippen LogP contribution in [0.25, 0.3) is 0 Å². The van der Waals surface area contributed by atoms with Gasteiger partial charge < -0.3 is 0 Å². The van der Waals surface area contributed by atoms with Gasteiger partial charge in [0.2, 0.25) is 0 Å². The van der Waals surface area contributed by atoms with E-state index in [1.807, 2.05) is 0 Å². The van der Waals surface area contributed by atoms with E-state index in [1.54, 1.807) is 0 Å². The average molecular weight is 1510 g/mol. The number of rotatable bonds is 27. The first-order valence-electron chi connectivity index (χ1n) is 19.0. The number of hydrogen-bond donors (Lipinski definition) is 0. The van der Waals surface area contributed by atoms with E-state index in [0.717, 1.165) is 0 Å². The van der Waals surface area contributed by atoms with Crippen LogP contribution < -0.4 is 0 Å². The Morgan fingerprint density at radius 3 is 0.381 bits per heavy atom. The molecule has 0 amide bonds. The minimum atomic E-state index is -9.65. The number of hydrogen-bond acceptors (Lipinski definition) is 0. The summed E-state index contributed by atoms with van der Waals surface area (Å²) in [7, 11) is 0. The van der Waals surface area contributed by atoms with Gasteiger partial charge in [0.1, 0.15) is 0 Å². The maximum atomic E-state index is 14.9. The van der Waals surface area contributed by atoms with E-state index in [2.05, 4.69) is 0 Å². The third-order valence-corrected chi connectivity index (χ3v) is 20.3. The summed E-state index contributed by atoms with van der Waals surface area (Å²) in [4.78, 5) is 0. The van der Waals surface area contributed by atoms with Crippen LogP contribution in [-0.4, -0.2) is 168 Å². The summed E-state index contributed by atoms with van der Waals surface area (Å²) in [5.41, 5.74) is 0. The Kier molecular flexibility index (Phi) is 20.0. The minimum absolute atomic E-state index is 0.695. The van der Waals surface area contributed by atoms with Gasteiger partial charge in [-0.15, -0.1) is 0 Å². The molecule has 0 aliphatic rings. The molecule has 0 fully saturated rings. The Morgan fingerprint density at radius 1 is 0.179 bits per heavy atom. The first-order valence-corrected chi connectivity index (χ1v) is 25.0. The van der Waals surface area contributed by atoms with Crippen molar-refractivity contribution in [2.75, 3.05) is 25.2 Å². The third-order valence-electron chi connectivity index (χ3n) is 11.5. The molecule has 0 saturated carbocycles. The molecule has 0 bridgehead atoms. The fourth-order valence-corrected chi connectivity index (χ4v) is 11.3. The van der Waals surface area contributed by atoms with Crippen molar-refractivity contribution in [2.45, 2.75) is 162 Å². The normalized spacial score (nSPS) is 17.7. The molecule has 84 heavy (non-hydrogen) atoms. The molecule has 0 aromatic heterocycles. The maximum absolute atomic E-state index is 14.9.